The maximum Gasteiger partial charge on any atom is 0.338 e. The van der Waals surface area contributed by atoms with Crippen LogP contribution in [0.5, 0.6) is 0 Å². The van der Waals surface area contributed by atoms with Crippen molar-refractivity contribution in [3.8, 4) is 11.1 Å². The molecule has 0 N–H and O–H groups in total. The lowest BCUT2D eigenvalue weighted by atomic mass is 9.91. The van der Waals surface area contributed by atoms with Gasteiger partial charge in [0.2, 0.25) is 0 Å². The fourth-order valence-corrected chi connectivity index (χ4v) is 2.58. The SMILES string of the molecule is CCOC(=O)c1cc2c3c(ccccc1-3)N=NC2(C)C. The normalized spacial score (nSPS) is 15.3. The topological polar surface area (TPSA) is 51.0 Å². The van der Waals surface area contributed by atoms with Crippen molar-refractivity contribution in [1.82, 2.24) is 0 Å². The zero-order valence-electron chi connectivity index (χ0n) is 11.8. The van der Waals surface area contributed by atoms with Crippen LogP contribution in [0.2, 0.25) is 0 Å². The van der Waals surface area contributed by atoms with Crippen LogP contribution in [0.25, 0.3) is 11.1 Å². The summed E-state index contributed by atoms with van der Waals surface area (Å²) in [6.07, 6.45) is 0. The maximum absolute atomic E-state index is 12.1. The second kappa shape index (κ2) is 4.40. The Morgan fingerprint density at radius 3 is 2.80 bits per heavy atom. The van der Waals surface area contributed by atoms with Gasteiger partial charge in [-0.2, -0.15) is 10.2 Å². The largest absolute Gasteiger partial charge is 0.462 e. The summed E-state index contributed by atoms with van der Waals surface area (Å²) in [4.78, 5) is 12.1. The van der Waals surface area contributed by atoms with E-state index in [-0.39, 0.29) is 5.97 Å². The molecule has 0 aromatic rings. The third kappa shape index (κ3) is 1.80. The summed E-state index contributed by atoms with van der Waals surface area (Å²) in [5.74, 6) is -0.293. The Bertz CT molecular complexity index is 689. The first-order valence-corrected chi connectivity index (χ1v) is 6.71. The highest BCUT2D eigenvalue weighted by Crippen LogP contribution is 2.48. The zero-order chi connectivity index (χ0) is 14.3. The van der Waals surface area contributed by atoms with Crippen LogP contribution in [0, 0.1) is 0 Å². The fourth-order valence-electron chi connectivity index (χ4n) is 2.58. The van der Waals surface area contributed by atoms with Gasteiger partial charge in [0, 0.05) is 5.56 Å². The maximum atomic E-state index is 12.1. The Kier molecular flexibility index (Phi) is 2.82. The number of hydrogen-bond donors (Lipinski definition) is 0. The summed E-state index contributed by atoms with van der Waals surface area (Å²) in [7, 11) is 0. The summed E-state index contributed by atoms with van der Waals surface area (Å²) >= 11 is 0. The zero-order valence-corrected chi connectivity index (χ0v) is 11.8. The molecule has 1 aliphatic heterocycles. The van der Waals surface area contributed by atoms with Gasteiger partial charge in [-0.25, -0.2) is 4.79 Å². The van der Waals surface area contributed by atoms with Crippen molar-refractivity contribution >= 4 is 11.7 Å². The molecule has 0 aromatic carbocycles. The molecule has 0 unspecified atom stereocenters. The van der Waals surface area contributed by atoms with Crippen LogP contribution in [0.1, 0.15) is 36.7 Å². The van der Waals surface area contributed by atoms with Crippen LogP contribution < -0.4 is 0 Å². The molecule has 0 spiro atoms. The minimum absolute atomic E-state index is 0.293. The van der Waals surface area contributed by atoms with Gasteiger partial charge in [-0.05, 0) is 44.0 Å². The summed E-state index contributed by atoms with van der Waals surface area (Å²) in [5, 5.41) is 8.64. The van der Waals surface area contributed by atoms with Crippen molar-refractivity contribution in [1.29, 1.82) is 0 Å². The quantitative estimate of drug-likeness (QED) is 0.762. The van der Waals surface area contributed by atoms with Gasteiger partial charge in [-0.15, -0.1) is 0 Å². The number of nitrogens with zero attached hydrogens (tertiary/aromatic N) is 2. The highest BCUT2D eigenvalue weighted by molar-refractivity contribution is 6.02. The Balaban J connectivity index is 2.28. The first kappa shape index (κ1) is 12.8. The molecular weight excluding hydrogens is 252 g/mol. The molecule has 0 amide bonds. The minimum atomic E-state index is -0.426. The number of azo groups is 1. The van der Waals surface area contributed by atoms with Crippen LogP contribution in [0.3, 0.4) is 0 Å². The molecule has 0 bridgehead atoms. The van der Waals surface area contributed by atoms with Gasteiger partial charge in [-0.1, -0.05) is 18.2 Å². The fraction of sp³-hybridized carbons (Fsp3) is 0.312. The van der Waals surface area contributed by atoms with Crippen LogP contribution >= 0.6 is 0 Å². The van der Waals surface area contributed by atoms with Gasteiger partial charge in [0.1, 0.15) is 5.54 Å². The second-order valence-corrected chi connectivity index (χ2v) is 5.34. The Morgan fingerprint density at radius 2 is 2.05 bits per heavy atom. The molecule has 20 heavy (non-hydrogen) atoms. The lowest BCUT2D eigenvalue weighted by Gasteiger charge is -2.23. The molecule has 4 nitrogen and oxygen atoms in total. The number of ether oxygens (including phenoxy) is 1. The Morgan fingerprint density at radius 1 is 1.30 bits per heavy atom. The molecule has 0 atom stereocenters. The van der Waals surface area contributed by atoms with E-state index in [1.807, 2.05) is 51.1 Å². The third-order valence-corrected chi connectivity index (χ3v) is 3.56. The predicted octanol–water partition coefficient (Wildman–Crippen LogP) is 4.30. The molecule has 102 valence electrons. The molecule has 0 saturated carbocycles. The number of carbonyl (C=O) groups is 1. The van der Waals surface area contributed by atoms with Crippen molar-refractivity contribution in [3.63, 3.8) is 0 Å². The molecule has 0 saturated heterocycles. The summed E-state index contributed by atoms with van der Waals surface area (Å²) < 4.78 is 5.15. The first-order valence-electron chi connectivity index (χ1n) is 6.71. The lowest BCUT2D eigenvalue weighted by Crippen LogP contribution is -2.14. The van der Waals surface area contributed by atoms with Crippen molar-refractivity contribution in [2.45, 2.75) is 26.3 Å². The number of esters is 1. The monoisotopic (exact) mass is 268 g/mol. The van der Waals surface area contributed by atoms with Gasteiger partial charge in [0.05, 0.1) is 17.9 Å². The van der Waals surface area contributed by atoms with Crippen LogP contribution in [-0.4, -0.2) is 12.6 Å². The smallest absolute Gasteiger partial charge is 0.338 e. The van der Waals surface area contributed by atoms with Gasteiger partial charge in [-0.3, -0.25) is 0 Å². The van der Waals surface area contributed by atoms with E-state index in [0.29, 0.717) is 12.2 Å². The van der Waals surface area contributed by atoms with Gasteiger partial charge in [0.15, 0.2) is 0 Å². The van der Waals surface area contributed by atoms with E-state index in [0.717, 1.165) is 22.4 Å². The van der Waals surface area contributed by atoms with Crippen LogP contribution in [-0.2, 0) is 10.3 Å². The van der Waals surface area contributed by atoms with Crippen LogP contribution in [0.15, 0.2) is 40.6 Å². The second-order valence-electron chi connectivity index (χ2n) is 5.34. The predicted molar refractivity (Wildman–Crippen MR) is 76.6 cm³/mol. The van der Waals surface area contributed by atoms with E-state index in [4.69, 9.17) is 4.74 Å². The average Bonchev–Trinajstić information content (AvgIpc) is 2.66. The first-order chi connectivity index (χ1) is 9.54. The van der Waals surface area contributed by atoms with E-state index < -0.39 is 5.54 Å². The van der Waals surface area contributed by atoms with Gasteiger partial charge < -0.3 is 4.74 Å². The molecule has 0 radical (unpaired) electrons. The lowest BCUT2D eigenvalue weighted by molar-refractivity contribution is 0.0527. The van der Waals surface area contributed by atoms with E-state index in [1.165, 1.54) is 0 Å². The molecule has 4 heteroatoms. The standard InChI is InChI=1S/C16H16N2O2/c1-4-20-15(19)11-9-12-14-10(11)7-5-6-8-13(14)17-18-16(12,2)3/h5-9H,4H2,1-3H3. The Labute approximate surface area is 117 Å². The van der Waals surface area contributed by atoms with Gasteiger partial charge in [0.25, 0.3) is 0 Å². The van der Waals surface area contributed by atoms with Crippen molar-refractivity contribution in [2.24, 2.45) is 10.2 Å². The van der Waals surface area contributed by atoms with E-state index in [1.54, 1.807) is 0 Å². The van der Waals surface area contributed by atoms with E-state index in [9.17, 15) is 4.79 Å². The molecular formula is C16H16N2O2. The molecule has 3 rings (SSSR count). The highest BCUT2D eigenvalue weighted by Gasteiger charge is 2.34. The van der Waals surface area contributed by atoms with Crippen molar-refractivity contribution in [3.05, 3.63) is 41.5 Å². The average molecular weight is 268 g/mol. The molecule has 0 aromatic heterocycles. The van der Waals surface area contributed by atoms with Crippen molar-refractivity contribution in [2.75, 3.05) is 6.61 Å². The Hall–Kier alpha value is -2.23. The third-order valence-electron chi connectivity index (χ3n) is 3.56. The van der Waals surface area contributed by atoms with Crippen molar-refractivity contribution < 1.29 is 9.53 Å². The highest BCUT2D eigenvalue weighted by atomic mass is 16.5. The summed E-state index contributed by atoms with van der Waals surface area (Å²) in [5.41, 5.74) is 3.87. The molecule has 1 heterocycles. The molecule has 3 aliphatic rings. The van der Waals surface area contributed by atoms with Crippen LogP contribution in [0.4, 0.5) is 5.69 Å². The van der Waals surface area contributed by atoms with E-state index >= 15 is 0 Å². The van der Waals surface area contributed by atoms with E-state index in [2.05, 4.69) is 10.2 Å². The minimum Gasteiger partial charge on any atom is -0.462 e. The molecule has 0 fully saturated rings. The van der Waals surface area contributed by atoms with Gasteiger partial charge >= 0.3 is 5.97 Å². The number of rotatable bonds is 2. The number of carbonyl (C=O) groups excluding carboxylic acids is 1. The molecule has 2 aliphatic carbocycles. The summed E-state index contributed by atoms with van der Waals surface area (Å²) in [6.45, 7) is 6.17. The number of hydrogen-bond acceptors (Lipinski definition) is 4. The summed E-state index contributed by atoms with van der Waals surface area (Å²) in [6, 6.07) is 9.56.